The van der Waals surface area contributed by atoms with E-state index >= 15 is 0 Å². The lowest BCUT2D eigenvalue weighted by Crippen LogP contribution is -2.60. The molecule has 1 aliphatic heterocycles. The van der Waals surface area contributed by atoms with E-state index in [1.54, 1.807) is 0 Å². The molecule has 0 spiro atoms. The fourth-order valence-corrected chi connectivity index (χ4v) is 7.28. The second-order valence-corrected chi connectivity index (χ2v) is 17.6. The minimum Gasteiger partial charge on any atom is -0.462 e. The molecule has 0 aromatic carbocycles. The molecule has 0 bridgehead atoms. The predicted octanol–water partition coefficient (Wildman–Crippen LogP) is 9.89. The van der Waals surface area contributed by atoms with Crippen LogP contribution in [0, 0.1) is 0 Å². The van der Waals surface area contributed by atoms with Gasteiger partial charge in [0.25, 0.3) is 10.1 Å². The van der Waals surface area contributed by atoms with Gasteiger partial charge in [0.05, 0.1) is 6.61 Å². The highest BCUT2D eigenvalue weighted by Crippen LogP contribution is 2.24. The van der Waals surface area contributed by atoms with Crippen molar-refractivity contribution in [1.29, 1.82) is 0 Å². The molecule has 0 radical (unpaired) electrons. The van der Waals surface area contributed by atoms with Gasteiger partial charge in [-0.3, -0.25) is 14.1 Å². The fraction of sp³-hybridized carbons (Fsp3) is 0.714. The topological polar surface area (TPSA) is 186 Å². The van der Waals surface area contributed by atoms with E-state index in [1.165, 1.54) is 70.6 Å². The average Bonchev–Trinajstić information content (AvgIpc) is 3.24. The normalized spacial score (nSPS) is 20.5. The van der Waals surface area contributed by atoms with Crippen LogP contribution in [0.4, 0.5) is 0 Å². The molecule has 62 heavy (non-hydrogen) atoms. The molecule has 0 saturated carbocycles. The van der Waals surface area contributed by atoms with Crippen LogP contribution in [0.1, 0.15) is 168 Å². The third kappa shape index (κ3) is 32.7. The predicted molar refractivity (Wildman–Crippen MR) is 247 cm³/mol. The number of hydrogen-bond acceptors (Lipinski definition) is 11. The molecule has 0 aliphatic carbocycles. The van der Waals surface area contributed by atoms with Crippen LogP contribution < -0.4 is 0 Å². The molecule has 13 heteroatoms. The van der Waals surface area contributed by atoms with E-state index in [-0.39, 0.29) is 19.4 Å². The molecule has 356 valence electrons. The first-order valence-corrected chi connectivity index (χ1v) is 25.1. The quantitative estimate of drug-likeness (QED) is 0.0199. The molecule has 0 amide bonds. The summed E-state index contributed by atoms with van der Waals surface area (Å²) < 4.78 is 54.0. The van der Waals surface area contributed by atoms with Crippen molar-refractivity contribution < 1.29 is 56.8 Å². The Kier molecular flexibility index (Phi) is 35.5. The van der Waals surface area contributed by atoms with Crippen molar-refractivity contribution in [3.8, 4) is 0 Å². The van der Waals surface area contributed by atoms with E-state index in [1.807, 2.05) is 12.2 Å². The second-order valence-electron chi connectivity index (χ2n) is 16.1. The number of esters is 2. The summed E-state index contributed by atoms with van der Waals surface area (Å²) in [5.74, 6) is -2.12. The Balaban J connectivity index is 2.50. The van der Waals surface area contributed by atoms with Crippen molar-refractivity contribution in [3.05, 3.63) is 72.9 Å². The van der Waals surface area contributed by atoms with Crippen LogP contribution >= 0.6 is 0 Å². The smallest absolute Gasteiger partial charge is 0.306 e. The van der Waals surface area contributed by atoms with E-state index in [0.717, 1.165) is 57.8 Å². The SMILES string of the molecule is CCCCC/C=C/C/C=C/C/C=C/C/C=C/C/C=C/CCC(=O)OC[C@H](CO[C@H]1O[C@H](CS(=O)(=O)O)[C@@H](O)C(O)C1O)OC(=O)CCCCC/C=C/CCCCCCCCCC. The maximum absolute atomic E-state index is 12.8. The Labute approximate surface area is 374 Å². The van der Waals surface area contributed by atoms with Crippen molar-refractivity contribution in [2.75, 3.05) is 19.0 Å². The number of unbranched alkanes of at least 4 members (excludes halogenated alkanes) is 14. The Morgan fingerprint density at radius 2 is 1.00 bits per heavy atom. The van der Waals surface area contributed by atoms with E-state index in [4.69, 9.17) is 18.9 Å². The molecule has 6 atom stereocenters. The monoisotopic (exact) mass is 895 g/mol. The number of carbonyl (C=O) groups is 2. The number of hydrogen-bond donors (Lipinski definition) is 4. The van der Waals surface area contributed by atoms with Crippen LogP contribution in [0.25, 0.3) is 0 Å². The highest BCUT2D eigenvalue weighted by molar-refractivity contribution is 7.85. The largest absolute Gasteiger partial charge is 0.462 e. The molecule has 4 N–H and O–H groups in total. The second kappa shape index (κ2) is 38.5. The molecular formula is C49H82O12S. The molecule has 1 saturated heterocycles. The molecule has 1 fully saturated rings. The van der Waals surface area contributed by atoms with Crippen LogP contribution in [0.5, 0.6) is 0 Å². The third-order valence-electron chi connectivity index (χ3n) is 10.3. The van der Waals surface area contributed by atoms with Crippen molar-refractivity contribution in [1.82, 2.24) is 0 Å². The maximum Gasteiger partial charge on any atom is 0.306 e. The van der Waals surface area contributed by atoms with Gasteiger partial charge in [-0.25, -0.2) is 0 Å². The van der Waals surface area contributed by atoms with Gasteiger partial charge in [0, 0.05) is 12.8 Å². The number of allylic oxidation sites excluding steroid dienone is 12. The third-order valence-corrected chi connectivity index (χ3v) is 11.0. The zero-order valence-electron chi connectivity index (χ0n) is 37.9. The minimum atomic E-state index is -4.62. The number of aliphatic hydroxyl groups excluding tert-OH is 3. The number of ether oxygens (including phenoxy) is 4. The van der Waals surface area contributed by atoms with Gasteiger partial charge in [-0.1, -0.05) is 151 Å². The van der Waals surface area contributed by atoms with Crippen LogP contribution in [0.3, 0.4) is 0 Å². The van der Waals surface area contributed by atoms with E-state index in [0.29, 0.717) is 12.8 Å². The van der Waals surface area contributed by atoms with Crippen LogP contribution in [0.2, 0.25) is 0 Å². The summed E-state index contributed by atoms with van der Waals surface area (Å²) in [6.07, 6.45) is 39.6. The first kappa shape index (κ1) is 57.1. The highest BCUT2D eigenvalue weighted by atomic mass is 32.2. The van der Waals surface area contributed by atoms with Gasteiger partial charge < -0.3 is 34.3 Å². The van der Waals surface area contributed by atoms with Crippen molar-refractivity contribution in [3.63, 3.8) is 0 Å². The summed E-state index contributed by atoms with van der Waals surface area (Å²) in [4.78, 5) is 25.4. The Morgan fingerprint density at radius 1 is 0.548 bits per heavy atom. The standard InChI is InChI=1S/C49H82O12S/c1-3-5-7-9-11-13-15-17-19-20-21-22-24-25-27-29-31-33-35-37-44(50)58-39-42(40-59-49-48(54)47(53)46(52)43(61-49)41-62(55,56)57)60-45(51)38-36-34-32-30-28-26-23-18-16-14-12-10-8-6-4-2/h11,13,17,19,21-22,25-28,31,33,42-43,46-49,52-54H,3-10,12,14-16,18,20,23-24,29-30,32,34-41H2,1-2H3,(H,55,56,57)/b13-11+,19-17+,22-21+,27-25+,28-26+,33-31+/t42-,43-,46-,47?,48?,49+/m1/s1. The first-order chi connectivity index (χ1) is 30.0. The molecule has 1 heterocycles. The van der Waals surface area contributed by atoms with Gasteiger partial charge in [0.1, 0.15) is 36.8 Å². The molecule has 0 aromatic heterocycles. The van der Waals surface area contributed by atoms with Gasteiger partial charge in [0.15, 0.2) is 12.4 Å². The molecule has 0 aromatic rings. The van der Waals surface area contributed by atoms with Gasteiger partial charge in [0.2, 0.25) is 0 Å². The van der Waals surface area contributed by atoms with Crippen molar-refractivity contribution in [2.24, 2.45) is 0 Å². The van der Waals surface area contributed by atoms with E-state index in [9.17, 15) is 37.9 Å². The van der Waals surface area contributed by atoms with Crippen molar-refractivity contribution in [2.45, 2.75) is 205 Å². The van der Waals surface area contributed by atoms with Crippen LogP contribution in [0.15, 0.2) is 72.9 Å². The van der Waals surface area contributed by atoms with Gasteiger partial charge in [-0.2, -0.15) is 8.42 Å². The Morgan fingerprint density at radius 3 is 1.55 bits per heavy atom. The first-order valence-electron chi connectivity index (χ1n) is 23.5. The van der Waals surface area contributed by atoms with Gasteiger partial charge in [-0.05, 0) is 77.0 Å². The molecule has 1 aliphatic rings. The van der Waals surface area contributed by atoms with Crippen LogP contribution in [-0.4, -0.2) is 96.0 Å². The Hall–Kier alpha value is -2.91. The lowest BCUT2D eigenvalue weighted by atomic mass is 10.00. The summed E-state index contributed by atoms with van der Waals surface area (Å²) >= 11 is 0. The number of rotatable bonds is 38. The molecule has 12 nitrogen and oxygen atoms in total. The van der Waals surface area contributed by atoms with Crippen LogP contribution in [-0.2, 0) is 38.7 Å². The molecular weight excluding hydrogens is 813 g/mol. The molecule has 2 unspecified atom stereocenters. The summed E-state index contributed by atoms with van der Waals surface area (Å²) in [6.45, 7) is 3.65. The highest BCUT2D eigenvalue weighted by Gasteiger charge is 2.46. The average molecular weight is 895 g/mol. The lowest BCUT2D eigenvalue weighted by molar-refractivity contribution is -0.297. The Bertz CT molecular complexity index is 1420. The number of carbonyl (C=O) groups excluding carboxylic acids is 2. The lowest BCUT2D eigenvalue weighted by Gasteiger charge is -2.40. The van der Waals surface area contributed by atoms with Gasteiger partial charge >= 0.3 is 11.9 Å². The number of aliphatic hydroxyl groups is 3. The van der Waals surface area contributed by atoms with Gasteiger partial charge in [-0.15, -0.1) is 0 Å². The summed E-state index contributed by atoms with van der Waals surface area (Å²) in [7, 11) is -4.62. The maximum atomic E-state index is 12.8. The summed E-state index contributed by atoms with van der Waals surface area (Å²) in [5.41, 5.74) is 0. The summed E-state index contributed by atoms with van der Waals surface area (Å²) in [6, 6.07) is 0. The zero-order chi connectivity index (χ0) is 45.5. The fourth-order valence-electron chi connectivity index (χ4n) is 6.59. The van der Waals surface area contributed by atoms with Crippen molar-refractivity contribution >= 4 is 22.1 Å². The van der Waals surface area contributed by atoms with E-state index in [2.05, 4.69) is 74.6 Å². The zero-order valence-corrected chi connectivity index (χ0v) is 38.8. The summed E-state index contributed by atoms with van der Waals surface area (Å²) in [5, 5.41) is 30.9. The molecule has 1 rings (SSSR count). The minimum absolute atomic E-state index is 0.0893. The van der Waals surface area contributed by atoms with E-state index < -0.39 is 71.2 Å².